The number of aliphatic hydroxyl groups excluding tert-OH is 1. The Balaban J connectivity index is 2.04. The van der Waals surface area contributed by atoms with Crippen molar-refractivity contribution < 1.29 is 14.6 Å². The number of hydrogen-bond donors (Lipinski definition) is 2. The van der Waals surface area contributed by atoms with E-state index in [2.05, 4.69) is 22.9 Å². The van der Waals surface area contributed by atoms with Gasteiger partial charge < -0.3 is 24.6 Å². The average Bonchev–Trinajstić information content (AvgIpc) is 2.89. The molecule has 1 unspecified atom stereocenters. The van der Waals surface area contributed by atoms with Gasteiger partial charge in [-0.3, -0.25) is 0 Å². The molecule has 0 fully saturated rings. The number of urea groups is 1. The topological polar surface area (TPSA) is 66.7 Å². The van der Waals surface area contributed by atoms with E-state index in [0.717, 1.165) is 23.1 Å². The fraction of sp³-hybridized carbons (Fsp3) is 0.438. The van der Waals surface area contributed by atoms with E-state index in [1.165, 1.54) is 12.0 Å². The fourth-order valence-corrected chi connectivity index (χ4v) is 2.40. The largest absolute Gasteiger partial charge is 0.389 e. The number of amides is 2. The van der Waals surface area contributed by atoms with Crippen molar-refractivity contribution >= 4 is 22.6 Å². The zero-order valence-corrected chi connectivity index (χ0v) is 13.2. The van der Waals surface area contributed by atoms with Gasteiger partial charge >= 0.3 is 6.03 Å². The molecule has 120 valence electrons. The normalized spacial score (nSPS) is 12.4. The summed E-state index contributed by atoms with van der Waals surface area (Å²) in [6, 6.07) is 7.61. The molecule has 1 atom stereocenters. The summed E-state index contributed by atoms with van der Waals surface area (Å²) in [5.74, 6) is 0. The summed E-state index contributed by atoms with van der Waals surface area (Å²) in [6.45, 7) is 3.38. The van der Waals surface area contributed by atoms with Gasteiger partial charge in [0, 0.05) is 32.6 Å². The van der Waals surface area contributed by atoms with Crippen LogP contribution in [0.25, 0.3) is 10.9 Å². The number of fused-ring (bicyclic) bond motifs is 1. The lowest BCUT2D eigenvalue weighted by molar-refractivity contribution is 0.0501. The van der Waals surface area contributed by atoms with E-state index < -0.39 is 6.10 Å². The Kier molecular flexibility index (Phi) is 5.41. The third-order valence-corrected chi connectivity index (χ3v) is 3.56. The van der Waals surface area contributed by atoms with Crippen molar-refractivity contribution in [3.63, 3.8) is 0 Å². The molecule has 1 aromatic carbocycles. The fourth-order valence-electron chi connectivity index (χ4n) is 2.40. The Labute approximate surface area is 130 Å². The number of hydrogen-bond acceptors (Lipinski definition) is 3. The summed E-state index contributed by atoms with van der Waals surface area (Å²) < 4.78 is 6.98. The van der Waals surface area contributed by atoms with Crippen LogP contribution in [0.4, 0.5) is 10.5 Å². The smallest absolute Gasteiger partial charge is 0.321 e. The molecule has 22 heavy (non-hydrogen) atoms. The Morgan fingerprint density at radius 2 is 2.23 bits per heavy atom. The number of benzene rings is 1. The molecule has 6 heteroatoms. The number of carbonyl (C=O) groups excluding carboxylic acids is 1. The Hall–Kier alpha value is -2.05. The molecule has 6 nitrogen and oxygen atoms in total. The average molecular weight is 305 g/mol. The second-order valence-electron chi connectivity index (χ2n) is 5.30. The van der Waals surface area contributed by atoms with Crippen LogP contribution in [0.15, 0.2) is 30.5 Å². The van der Waals surface area contributed by atoms with Crippen molar-refractivity contribution in [3.05, 3.63) is 30.5 Å². The van der Waals surface area contributed by atoms with E-state index >= 15 is 0 Å². The second-order valence-corrected chi connectivity index (χ2v) is 5.30. The molecule has 1 heterocycles. The van der Waals surface area contributed by atoms with E-state index in [-0.39, 0.29) is 19.2 Å². The SMILES string of the molecule is CCn1ccc2ccc(NC(=O)N(C)CC(O)COC)cc21. The molecule has 0 spiro atoms. The van der Waals surface area contributed by atoms with E-state index in [1.807, 2.05) is 24.4 Å². The number of nitrogens with zero attached hydrogens (tertiary/aromatic N) is 2. The highest BCUT2D eigenvalue weighted by molar-refractivity contribution is 5.92. The first-order valence-electron chi connectivity index (χ1n) is 7.33. The molecule has 0 aliphatic carbocycles. The van der Waals surface area contributed by atoms with Crippen LogP contribution in [0.5, 0.6) is 0 Å². The summed E-state index contributed by atoms with van der Waals surface area (Å²) in [5, 5.41) is 13.7. The zero-order valence-electron chi connectivity index (χ0n) is 13.2. The van der Waals surface area contributed by atoms with Crippen molar-refractivity contribution in [1.82, 2.24) is 9.47 Å². The minimum absolute atomic E-state index is 0.202. The molecule has 2 rings (SSSR count). The van der Waals surface area contributed by atoms with Crippen LogP contribution in [0, 0.1) is 0 Å². The number of ether oxygens (including phenoxy) is 1. The zero-order chi connectivity index (χ0) is 16.1. The van der Waals surface area contributed by atoms with Gasteiger partial charge in [0.25, 0.3) is 0 Å². The van der Waals surface area contributed by atoms with Gasteiger partial charge in [-0.1, -0.05) is 6.07 Å². The maximum absolute atomic E-state index is 12.1. The number of aryl methyl sites for hydroxylation is 1. The van der Waals surface area contributed by atoms with Crippen LogP contribution in [-0.4, -0.2) is 54.0 Å². The van der Waals surface area contributed by atoms with Gasteiger partial charge in [0.1, 0.15) is 0 Å². The van der Waals surface area contributed by atoms with E-state index in [1.54, 1.807) is 7.05 Å². The number of likely N-dealkylation sites (N-methyl/N-ethyl adjacent to an activating group) is 1. The van der Waals surface area contributed by atoms with Crippen LogP contribution in [0.2, 0.25) is 0 Å². The number of aromatic nitrogens is 1. The summed E-state index contributed by atoms with van der Waals surface area (Å²) >= 11 is 0. The monoisotopic (exact) mass is 305 g/mol. The molecular weight excluding hydrogens is 282 g/mol. The summed E-state index contributed by atoms with van der Waals surface area (Å²) in [4.78, 5) is 13.6. The predicted octanol–water partition coefficient (Wildman–Crippen LogP) is 2.13. The highest BCUT2D eigenvalue weighted by atomic mass is 16.5. The lowest BCUT2D eigenvalue weighted by atomic mass is 10.2. The molecule has 0 saturated heterocycles. The van der Waals surface area contributed by atoms with Gasteiger partial charge in [-0.05, 0) is 30.5 Å². The van der Waals surface area contributed by atoms with E-state index in [0.29, 0.717) is 0 Å². The standard InChI is InChI=1S/C16H23N3O3/c1-4-19-8-7-12-5-6-13(9-15(12)19)17-16(21)18(2)10-14(20)11-22-3/h5-9,14,20H,4,10-11H2,1-3H3,(H,17,21). The van der Waals surface area contributed by atoms with Gasteiger partial charge in [-0.25, -0.2) is 4.79 Å². The third kappa shape index (κ3) is 3.78. The molecule has 0 bridgehead atoms. The first-order valence-corrected chi connectivity index (χ1v) is 7.33. The van der Waals surface area contributed by atoms with Gasteiger partial charge in [0.05, 0.1) is 24.8 Å². The lowest BCUT2D eigenvalue weighted by Gasteiger charge is -2.21. The third-order valence-electron chi connectivity index (χ3n) is 3.56. The Bertz CT molecular complexity index is 639. The quantitative estimate of drug-likeness (QED) is 0.859. The van der Waals surface area contributed by atoms with Crippen LogP contribution in [0.1, 0.15) is 6.92 Å². The highest BCUT2D eigenvalue weighted by Gasteiger charge is 2.14. The maximum atomic E-state index is 12.1. The van der Waals surface area contributed by atoms with E-state index in [4.69, 9.17) is 4.74 Å². The highest BCUT2D eigenvalue weighted by Crippen LogP contribution is 2.20. The van der Waals surface area contributed by atoms with Gasteiger partial charge in [-0.15, -0.1) is 0 Å². The van der Waals surface area contributed by atoms with Crippen molar-refractivity contribution in [2.24, 2.45) is 0 Å². The van der Waals surface area contributed by atoms with Crippen LogP contribution in [0.3, 0.4) is 0 Å². The molecule has 0 aliphatic heterocycles. The second kappa shape index (κ2) is 7.29. The molecule has 2 aromatic rings. The van der Waals surface area contributed by atoms with Crippen LogP contribution >= 0.6 is 0 Å². The number of nitrogens with one attached hydrogen (secondary N) is 1. The van der Waals surface area contributed by atoms with Gasteiger partial charge in [0.15, 0.2) is 0 Å². The summed E-state index contributed by atoms with van der Waals surface area (Å²) in [5.41, 5.74) is 1.82. The summed E-state index contributed by atoms with van der Waals surface area (Å²) in [6.07, 6.45) is 1.34. The van der Waals surface area contributed by atoms with Crippen LogP contribution < -0.4 is 5.32 Å². The van der Waals surface area contributed by atoms with Crippen molar-refractivity contribution in [2.45, 2.75) is 19.6 Å². The number of carbonyl (C=O) groups is 1. The molecule has 0 radical (unpaired) electrons. The molecule has 0 saturated carbocycles. The van der Waals surface area contributed by atoms with Crippen molar-refractivity contribution in [1.29, 1.82) is 0 Å². The first kappa shape index (κ1) is 16.3. The number of methoxy groups -OCH3 is 1. The molecule has 2 amide bonds. The number of aliphatic hydroxyl groups is 1. The van der Waals surface area contributed by atoms with Crippen molar-refractivity contribution in [3.8, 4) is 0 Å². The van der Waals surface area contributed by atoms with Crippen LogP contribution in [-0.2, 0) is 11.3 Å². The van der Waals surface area contributed by atoms with Gasteiger partial charge in [0.2, 0.25) is 0 Å². The minimum atomic E-state index is -0.694. The molecule has 0 aliphatic rings. The lowest BCUT2D eigenvalue weighted by Crippen LogP contribution is -2.38. The number of rotatable bonds is 6. The molecular formula is C16H23N3O3. The predicted molar refractivity (Wildman–Crippen MR) is 87.1 cm³/mol. The molecule has 1 aromatic heterocycles. The first-order chi connectivity index (χ1) is 10.5. The van der Waals surface area contributed by atoms with Crippen molar-refractivity contribution in [2.75, 3.05) is 32.6 Å². The Morgan fingerprint density at radius 1 is 1.45 bits per heavy atom. The number of anilines is 1. The molecule has 2 N–H and O–H groups in total. The summed E-state index contributed by atoms with van der Waals surface area (Å²) in [7, 11) is 3.16. The Morgan fingerprint density at radius 3 is 2.91 bits per heavy atom. The van der Waals surface area contributed by atoms with E-state index in [9.17, 15) is 9.90 Å². The maximum Gasteiger partial charge on any atom is 0.321 e. The minimum Gasteiger partial charge on any atom is -0.389 e. The van der Waals surface area contributed by atoms with Gasteiger partial charge in [-0.2, -0.15) is 0 Å².